The van der Waals surface area contributed by atoms with Gasteiger partial charge in [0.05, 0.1) is 5.69 Å². The molecule has 1 N–H and O–H groups in total. The Hall–Kier alpha value is -0.940. The summed E-state index contributed by atoms with van der Waals surface area (Å²) in [7, 11) is 0. The number of nitrogens with one attached hydrogen (secondary N) is 1. The molecule has 0 aliphatic rings. The molecule has 0 unspecified atom stereocenters. The molecular formula is C10H10BrN3S. The van der Waals surface area contributed by atoms with Crippen LogP contribution in [0.25, 0.3) is 5.69 Å². The van der Waals surface area contributed by atoms with Gasteiger partial charge in [0.15, 0.2) is 4.77 Å². The van der Waals surface area contributed by atoms with Crippen LogP contribution >= 0.6 is 28.1 Å². The third kappa shape index (κ3) is 1.89. The SMILES string of the molecule is Cc1ccc(Br)c(-n2c(C)n[nH]c2=S)c1. The van der Waals surface area contributed by atoms with Crippen molar-refractivity contribution in [3.05, 3.63) is 38.8 Å². The first-order valence-corrected chi connectivity index (χ1v) is 5.70. The van der Waals surface area contributed by atoms with Crippen LogP contribution in [-0.2, 0) is 0 Å². The second-order valence-corrected chi connectivity index (χ2v) is 4.61. The molecule has 0 spiro atoms. The molecule has 0 aliphatic heterocycles. The number of aromatic amines is 1. The van der Waals surface area contributed by atoms with Gasteiger partial charge in [-0.1, -0.05) is 6.07 Å². The van der Waals surface area contributed by atoms with Crippen molar-refractivity contribution in [2.75, 3.05) is 0 Å². The summed E-state index contributed by atoms with van der Waals surface area (Å²) in [4.78, 5) is 0. The van der Waals surface area contributed by atoms with Crippen molar-refractivity contribution in [1.29, 1.82) is 0 Å². The van der Waals surface area contributed by atoms with E-state index >= 15 is 0 Å². The fraction of sp³-hybridized carbons (Fsp3) is 0.200. The van der Waals surface area contributed by atoms with Gasteiger partial charge >= 0.3 is 0 Å². The zero-order valence-electron chi connectivity index (χ0n) is 8.41. The maximum atomic E-state index is 5.18. The van der Waals surface area contributed by atoms with E-state index in [1.807, 2.05) is 23.6 Å². The summed E-state index contributed by atoms with van der Waals surface area (Å²) in [5.74, 6) is 0.853. The standard InChI is InChI=1S/C10H10BrN3S/c1-6-3-4-8(11)9(5-6)14-7(2)12-13-10(14)15/h3-5H,1-2H3,(H,13,15). The first kappa shape index (κ1) is 10.6. The van der Waals surface area contributed by atoms with E-state index in [2.05, 4.69) is 39.1 Å². The van der Waals surface area contributed by atoms with Gasteiger partial charge in [-0.25, -0.2) is 0 Å². The largest absolute Gasteiger partial charge is 0.271 e. The lowest BCUT2D eigenvalue weighted by Crippen LogP contribution is -1.98. The van der Waals surface area contributed by atoms with Crippen LogP contribution in [0.4, 0.5) is 0 Å². The number of aryl methyl sites for hydroxylation is 2. The lowest BCUT2D eigenvalue weighted by Gasteiger charge is -2.07. The van der Waals surface area contributed by atoms with Crippen LogP contribution in [-0.4, -0.2) is 14.8 Å². The summed E-state index contributed by atoms with van der Waals surface area (Å²) in [5.41, 5.74) is 2.21. The molecule has 0 radical (unpaired) electrons. The third-order valence-corrected chi connectivity index (χ3v) is 3.13. The number of nitrogens with zero attached hydrogens (tertiary/aromatic N) is 2. The number of hydrogen-bond acceptors (Lipinski definition) is 2. The maximum Gasteiger partial charge on any atom is 0.199 e. The normalized spacial score (nSPS) is 10.6. The zero-order valence-corrected chi connectivity index (χ0v) is 10.8. The van der Waals surface area contributed by atoms with Crippen molar-refractivity contribution in [2.24, 2.45) is 0 Å². The number of benzene rings is 1. The molecule has 1 aromatic carbocycles. The Morgan fingerprint density at radius 1 is 1.40 bits per heavy atom. The summed E-state index contributed by atoms with van der Waals surface area (Å²) in [6, 6.07) is 6.13. The van der Waals surface area contributed by atoms with Crippen molar-refractivity contribution < 1.29 is 0 Å². The Kier molecular flexibility index (Phi) is 2.75. The van der Waals surface area contributed by atoms with Gasteiger partial charge in [-0.3, -0.25) is 9.67 Å². The summed E-state index contributed by atoms with van der Waals surface area (Å²) in [6.45, 7) is 3.97. The molecule has 15 heavy (non-hydrogen) atoms. The molecule has 2 aromatic rings. The highest BCUT2D eigenvalue weighted by atomic mass is 79.9. The highest BCUT2D eigenvalue weighted by Crippen LogP contribution is 2.23. The number of halogens is 1. The highest BCUT2D eigenvalue weighted by Gasteiger charge is 2.07. The van der Waals surface area contributed by atoms with E-state index in [9.17, 15) is 0 Å². The summed E-state index contributed by atoms with van der Waals surface area (Å²) in [6.07, 6.45) is 0. The molecule has 0 atom stereocenters. The van der Waals surface area contributed by atoms with Gasteiger partial charge in [0, 0.05) is 4.47 Å². The van der Waals surface area contributed by atoms with Crippen molar-refractivity contribution in [3.63, 3.8) is 0 Å². The second-order valence-electron chi connectivity index (χ2n) is 3.37. The molecule has 0 amide bonds. The number of hydrogen-bond donors (Lipinski definition) is 1. The molecule has 3 nitrogen and oxygen atoms in total. The Bertz CT molecular complexity index is 556. The molecular weight excluding hydrogens is 274 g/mol. The Balaban J connectivity index is 2.74. The number of aromatic nitrogens is 3. The van der Waals surface area contributed by atoms with Gasteiger partial charge in [0.1, 0.15) is 5.82 Å². The van der Waals surface area contributed by atoms with Crippen molar-refractivity contribution in [1.82, 2.24) is 14.8 Å². The average molecular weight is 284 g/mol. The quantitative estimate of drug-likeness (QED) is 0.815. The minimum Gasteiger partial charge on any atom is -0.271 e. The van der Waals surface area contributed by atoms with Crippen molar-refractivity contribution in [2.45, 2.75) is 13.8 Å². The van der Waals surface area contributed by atoms with Crippen molar-refractivity contribution in [3.8, 4) is 5.69 Å². The van der Waals surface area contributed by atoms with Gasteiger partial charge in [0.25, 0.3) is 0 Å². The molecule has 0 saturated heterocycles. The summed E-state index contributed by atoms with van der Waals surface area (Å²) >= 11 is 8.69. The molecule has 0 bridgehead atoms. The van der Waals surface area contributed by atoms with Gasteiger partial charge in [-0.05, 0) is 59.7 Å². The minimum absolute atomic E-state index is 0.610. The van der Waals surface area contributed by atoms with E-state index in [1.54, 1.807) is 0 Å². The molecule has 1 heterocycles. The third-order valence-electron chi connectivity index (χ3n) is 2.18. The first-order valence-electron chi connectivity index (χ1n) is 4.50. The fourth-order valence-corrected chi connectivity index (χ4v) is 2.15. The molecule has 2 rings (SSSR count). The van der Waals surface area contributed by atoms with Crippen molar-refractivity contribution >= 4 is 28.1 Å². The average Bonchev–Trinajstić information content (AvgIpc) is 2.51. The number of rotatable bonds is 1. The Morgan fingerprint density at radius 3 is 2.73 bits per heavy atom. The molecule has 78 valence electrons. The minimum atomic E-state index is 0.610. The summed E-state index contributed by atoms with van der Waals surface area (Å²) in [5, 5.41) is 6.87. The van der Waals surface area contributed by atoms with Gasteiger partial charge < -0.3 is 0 Å². The van der Waals surface area contributed by atoms with Crippen LogP contribution in [0, 0.1) is 18.6 Å². The van der Waals surface area contributed by atoms with Crippen LogP contribution in [0.3, 0.4) is 0 Å². The van der Waals surface area contributed by atoms with E-state index in [1.165, 1.54) is 5.56 Å². The molecule has 0 saturated carbocycles. The van der Waals surface area contributed by atoms with Gasteiger partial charge in [-0.2, -0.15) is 5.10 Å². The maximum absolute atomic E-state index is 5.18. The van der Waals surface area contributed by atoms with Crippen LogP contribution < -0.4 is 0 Å². The van der Waals surface area contributed by atoms with E-state index < -0.39 is 0 Å². The smallest absolute Gasteiger partial charge is 0.199 e. The first-order chi connectivity index (χ1) is 7.09. The van der Waals surface area contributed by atoms with E-state index in [4.69, 9.17) is 12.2 Å². The summed E-state index contributed by atoms with van der Waals surface area (Å²) < 4.78 is 3.53. The fourth-order valence-electron chi connectivity index (χ4n) is 1.45. The lowest BCUT2D eigenvalue weighted by atomic mass is 10.2. The lowest BCUT2D eigenvalue weighted by molar-refractivity contribution is 0.957. The van der Waals surface area contributed by atoms with Crippen LogP contribution in [0.2, 0.25) is 0 Å². The van der Waals surface area contributed by atoms with E-state index in [0.29, 0.717) is 4.77 Å². The molecule has 1 aromatic heterocycles. The Labute approximate surface area is 101 Å². The van der Waals surface area contributed by atoms with Crippen LogP contribution in [0.1, 0.15) is 11.4 Å². The topological polar surface area (TPSA) is 33.6 Å². The molecule has 0 fully saturated rings. The predicted molar refractivity (Wildman–Crippen MR) is 65.9 cm³/mol. The van der Waals surface area contributed by atoms with Gasteiger partial charge in [0.2, 0.25) is 0 Å². The highest BCUT2D eigenvalue weighted by molar-refractivity contribution is 9.10. The zero-order chi connectivity index (χ0) is 11.0. The number of H-pyrrole nitrogens is 1. The van der Waals surface area contributed by atoms with Gasteiger partial charge in [-0.15, -0.1) is 0 Å². The van der Waals surface area contributed by atoms with Crippen LogP contribution in [0.15, 0.2) is 22.7 Å². The monoisotopic (exact) mass is 283 g/mol. The van der Waals surface area contributed by atoms with E-state index in [0.717, 1.165) is 16.0 Å². The van der Waals surface area contributed by atoms with Crippen LogP contribution in [0.5, 0.6) is 0 Å². The Morgan fingerprint density at radius 2 is 2.13 bits per heavy atom. The molecule has 5 heteroatoms. The second kappa shape index (κ2) is 3.90. The predicted octanol–water partition coefficient (Wildman–Crippen LogP) is 3.31. The van der Waals surface area contributed by atoms with E-state index in [-0.39, 0.29) is 0 Å². The molecule has 0 aliphatic carbocycles.